The predicted molar refractivity (Wildman–Crippen MR) is 107 cm³/mol. The molecule has 0 aromatic carbocycles. The van der Waals surface area contributed by atoms with E-state index in [0.29, 0.717) is 30.2 Å². The zero-order valence-corrected chi connectivity index (χ0v) is 16.7. The summed E-state index contributed by atoms with van der Waals surface area (Å²) in [5.74, 6) is 2.06. The van der Waals surface area contributed by atoms with E-state index >= 15 is 0 Å². The summed E-state index contributed by atoms with van der Waals surface area (Å²) >= 11 is 0. The zero-order chi connectivity index (χ0) is 20.4. The molecule has 4 rings (SSSR count). The Bertz CT molecular complexity index is 922. The second kappa shape index (κ2) is 7.81. The minimum Gasteiger partial charge on any atom is -0.469 e. The number of nitrogens with zero attached hydrogens (tertiary/aromatic N) is 3. The fraction of sp³-hybridized carbons (Fsp3) is 0.381. The number of ketones is 1. The van der Waals surface area contributed by atoms with E-state index < -0.39 is 11.6 Å². The molecule has 29 heavy (non-hydrogen) atoms. The van der Waals surface area contributed by atoms with Crippen LogP contribution in [0.3, 0.4) is 0 Å². The largest absolute Gasteiger partial charge is 0.469 e. The van der Waals surface area contributed by atoms with Crippen LogP contribution in [-0.4, -0.2) is 67.2 Å². The van der Waals surface area contributed by atoms with Crippen LogP contribution in [0.4, 0.5) is 0 Å². The van der Waals surface area contributed by atoms with Crippen molar-refractivity contribution in [3.63, 3.8) is 0 Å². The summed E-state index contributed by atoms with van der Waals surface area (Å²) < 4.78 is 16.6. The summed E-state index contributed by atoms with van der Waals surface area (Å²) in [6.07, 6.45) is 8.27. The van der Waals surface area contributed by atoms with Crippen molar-refractivity contribution < 1.29 is 19.0 Å². The maximum atomic E-state index is 12.8. The third-order valence-corrected chi connectivity index (χ3v) is 5.31. The maximum absolute atomic E-state index is 12.8. The molecule has 0 radical (unpaired) electrons. The number of aliphatic imine (C=N–C) groups is 1. The van der Waals surface area contributed by atoms with Gasteiger partial charge in [-0.25, -0.2) is 0 Å². The third kappa shape index (κ3) is 3.34. The minimum atomic E-state index is -0.659. The number of rotatable bonds is 6. The van der Waals surface area contributed by atoms with Crippen LogP contribution in [0.5, 0.6) is 0 Å². The van der Waals surface area contributed by atoms with E-state index in [4.69, 9.17) is 19.2 Å². The van der Waals surface area contributed by atoms with E-state index in [-0.39, 0.29) is 12.6 Å². The van der Waals surface area contributed by atoms with Gasteiger partial charge in [-0.3, -0.25) is 14.8 Å². The molecule has 2 atom stereocenters. The van der Waals surface area contributed by atoms with Gasteiger partial charge in [-0.05, 0) is 31.2 Å². The molecule has 1 aromatic rings. The Hall–Kier alpha value is -2.97. The first-order valence-electron chi connectivity index (χ1n) is 9.42. The molecular weight excluding hydrogens is 372 g/mol. The molecule has 1 aliphatic carbocycles. The van der Waals surface area contributed by atoms with E-state index in [9.17, 15) is 4.79 Å². The van der Waals surface area contributed by atoms with Crippen LogP contribution in [0.25, 0.3) is 0 Å². The SMILES string of the molecule is COCOC1=CC=C2C3=NCCN3C(=CC(=O)c3cccnc3)NC2(C)C1OC. The van der Waals surface area contributed by atoms with Gasteiger partial charge in [-0.2, -0.15) is 0 Å². The summed E-state index contributed by atoms with van der Waals surface area (Å²) in [4.78, 5) is 23.6. The molecule has 0 saturated carbocycles. The molecule has 1 saturated heterocycles. The molecule has 0 amide bonds. The fourth-order valence-electron chi connectivity index (χ4n) is 3.97. The Kier molecular flexibility index (Phi) is 5.21. The van der Waals surface area contributed by atoms with Crippen molar-refractivity contribution >= 4 is 11.6 Å². The maximum Gasteiger partial charge on any atom is 0.190 e. The predicted octanol–water partition coefficient (Wildman–Crippen LogP) is 1.64. The van der Waals surface area contributed by atoms with Gasteiger partial charge >= 0.3 is 0 Å². The summed E-state index contributed by atoms with van der Waals surface area (Å²) in [5, 5.41) is 3.52. The van der Waals surface area contributed by atoms with Crippen LogP contribution in [0.2, 0.25) is 0 Å². The standard InChI is InChI=1S/C21H24N4O4/c1-21-15(6-7-17(19(21)28-3)29-13-27-2)20-23-9-10-25(20)18(24-21)11-16(26)14-5-4-8-22-12-14/h4-8,11-12,19,24H,9-10,13H2,1-3H3. The van der Waals surface area contributed by atoms with Crippen molar-refractivity contribution in [2.45, 2.75) is 18.6 Å². The molecule has 8 heteroatoms. The lowest BCUT2D eigenvalue weighted by Gasteiger charge is -2.49. The Morgan fingerprint density at radius 3 is 3.00 bits per heavy atom. The van der Waals surface area contributed by atoms with E-state index in [1.54, 1.807) is 44.8 Å². The normalized spacial score (nSPS) is 26.7. The topological polar surface area (TPSA) is 85.3 Å². The summed E-state index contributed by atoms with van der Waals surface area (Å²) in [5.41, 5.74) is 0.868. The number of hydrogen-bond donors (Lipinski definition) is 1. The van der Waals surface area contributed by atoms with Gasteiger partial charge in [0.2, 0.25) is 0 Å². The fourth-order valence-corrected chi connectivity index (χ4v) is 3.97. The van der Waals surface area contributed by atoms with Gasteiger partial charge in [-0.1, -0.05) is 0 Å². The number of aromatic nitrogens is 1. The highest BCUT2D eigenvalue weighted by Gasteiger charge is 2.50. The van der Waals surface area contributed by atoms with Crippen molar-refractivity contribution in [2.75, 3.05) is 34.1 Å². The van der Waals surface area contributed by atoms with Gasteiger partial charge in [-0.15, -0.1) is 0 Å². The number of carbonyl (C=O) groups is 1. The van der Waals surface area contributed by atoms with Gasteiger partial charge in [0.15, 0.2) is 12.6 Å². The molecule has 1 aromatic heterocycles. The summed E-state index contributed by atoms with van der Waals surface area (Å²) in [6, 6.07) is 3.50. The lowest BCUT2D eigenvalue weighted by atomic mass is 9.78. The second-order valence-electron chi connectivity index (χ2n) is 7.14. The average molecular weight is 396 g/mol. The molecule has 1 fully saturated rings. The van der Waals surface area contributed by atoms with Crippen LogP contribution < -0.4 is 5.32 Å². The van der Waals surface area contributed by atoms with Crippen molar-refractivity contribution in [3.05, 3.63) is 65.5 Å². The smallest absolute Gasteiger partial charge is 0.190 e. The molecule has 2 unspecified atom stereocenters. The number of nitrogens with one attached hydrogen (secondary N) is 1. The lowest BCUT2D eigenvalue weighted by Crippen LogP contribution is -2.64. The highest BCUT2D eigenvalue weighted by molar-refractivity contribution is 6.08. The molecule has 0 spiro atoms. The van der Waals surface area contributed by atoms with Gasteiger partial charge in [0, 0.05) is 50.4 Å². The number of amidine groups is 1. The Balaban J connectivity index is 1.72. The van der Waals surface area contributed by atoms with E-state index in [2.05, 4.69) is 10.3 Å². The summed E-state index contributed by atoms with van der Waals surface area (Å²) in [6.45, 7) is 3.52. The highest BCUT2D eigenvalue weighted by Crippen LogP contribution is 2.39. The van der Waals surface area contributed by atoms with E-state index in [1.807, 2.05) is 24.0 Å². The first-order chi connectivity index (χ1) is 14.1. The van der Waals surface area contributed by atoms with Crippen LogP contribution in [-0.2, 0) is 14.2 Å². The van der Waals surface area contributed by atoms with Gasteiger partial charge in [0.05, 0.1) is 12.1 Å². The number of pyridine rings is 1. The van der Waals surface area contributed by atoms with Crippen LogP contribution in [0.1, 0.15) is 17.3 Å². The first kappa shape index (κ1) is 19.4. The monoisotopic (exact) mass is 396 g/mol. The number of hydrogen-bond acceptors (Lipinski definition) is 8. The van der Waals surface area contributed by atoms with Crippen LogP contribution >= 0.6 is 0 Å². The van der Waals surface area contributed by atoms with Gasteiger partial charge in [0.1, 0.15) is 23.5 Å². The molecule has 8 nitrogen and oxygen atoms in total. The molecule has 1 N–H and O–H groups in total. The minimum absolute atomic E-state index is 0.125. The molecular formula is C21H24N4O4. The van der Waals surface area contributed by atoms with E-state index in [1.165, 1.54) is 0 Å². The second-order valence-corrected chi connectivity index (χ2v) is 7.14. The Morgan fingerprint density at radius 1 is 1.41 bits per heavy atom. The molecule has 0 bridgehead atoms. The van der Waals surface area contributed by atoms with Crippen LogP contribution in [0.15, 0.2) is 64.9 Å². The van der Waals surface area contributed by atoms with Gasteiger partial charge < -0.3 is 24.4 Å². The van der Waals surface area contributed by atoms with Gasteiger partial charge in [0.25, 0.3) is 0 Å². The zero-order valence-electron chi connectivity index (χ0n) is 16.7. The van der Waals surface area contributed by atoms with E-state index in [0.717, 1.165) is 11.4 Å². The number of ether oxygens (including phenoxy) is 3. The lowest BCUT2D eigenvalue weighted by molar-refractivity contribution is -0.0438. The third-order valence-electron chi connectivity index (χ3n) is 5.31. The number of carbonyl (C=O) groups excluding carboxylic acids is 1. The van der Waals surface area contributed by atoms with Crippen molar-refractivity contribution in [1.82, 2.24) is 15.2 Å². The molecule has 2 aliphatic heterocycles. The molecule has 152 valence electrons. The highest BCUT2D eigenvalue weighted by atomic mass is 16.7. The number of fused-ring (bicyclic) bond motifs is 3. The molecule has 3 heterocycles. The van der Waals surface area contributed by atoms with Crippen molar-refractivity contribution in [3.8, 4) is 0 Å². The first-order valence-corrected chi connectivity index (χ1v) is 9.42. The van der Waals surface area contributed by atoms with Crippen molar-refractivity contribution in [1.29, 1.82) is 0 Å². The summed E-state index contributed by atoms with van der Waals surface area (Å²) in [7, 11) is 3.21. The van der Waals surface area contributed by atoms with Crippen LogP contribution in [0, 0.1) is 0 Å². The number of allylic oxidation sites excluding steroid dienone is 3. The average Bonchev–Trinajstić information content (AvgIpc) is 3.22. The Morgan fingerprint density at radius 2 is 2.28 bits per heavy atom. The Labute approximate surface area is 169 Å². The molecule has 3 aliphatic rings. The number of methoxy groups -OCH3 is 2. The van der Waals surface area contributed by atoms with Crippen molar-refractivity contribution in [2.24, 2.45) is 4.99 Å². The quantitative estimate of drug-likeness (QED) is 0.444.